The fourth-order valence-electron chi connectivity index (χ4n) is 1.02. The number of rotatable bonds is 2. The first kappa shape index (κ1) is 13.0. The molecule has 1 aromatic rings. The molecule has 0 aliphatic carbocycles. The van der Waals surface area contributed by atoms with Gasteiger partial charge in [0, 0.05) is 24.9 Å². The van der Waals surface area contributed by atoms with Crippen LogP contribution in [0, 0.1) is 0 Å². The first-order valence-electron chi connectivity index (χ1n) is 5.23. The van der Waals surface area contributed by atoms with Gasteiger partial charge in [-0.1, -0.05) is 20.8 Å². The Kier molecular flexibility index (Phi) is 3.91. The Labute approximate surface area is 101 Å². The van der Waals surface area contributed by atoms with E-state index in [1.807, 2.05) is 14.1 Å². The molecular weight excluding hydrogens is 220 g/mol. The Hall–Kier alpha value is -1.10. The summed E-state index contributed by atoms with van der Waals surface area (Å²) in [6, 6.07) is 0. The number of aliphatic imine (C=N–C) groups is 1. The number of thiazole rings is 1. The fraction of sp³-hybridized carbons (Fsp3) is 0.636. The molecule has 90 valence electrons. The predicted molar refractivity (Wildman–Crippen MR) is 69.8 cm³/mol. The number of nitrogens with two attached hydrogens (primary N) is 1. The van der Waals surface area contributed by atoms with Crippen LogP contribution in [0.15, 0.2) is 10.4 Å². The van der Waals surface area contributed by atoms with Crippen LogP contribution in [-0.2, 0) is 12.0 Å². The summed E-state index contributed by atoms with van der Waals surface area (Å²) >= 11 is 1.64. The molecule has 0 aromatic carbocycles. The summed E-state index contributed by atoms with van der Waals surface area (Å²) in [5.74, 6) is 0.535. The van der Waals surface area contributed by atoms with E-state index in [1.165, 1.54) is 0 Å². The van der Waals surface area contributed by atoms with E-state index in [0.717, 1.165) is 10.7 Å². The largest absolute Gasteiger partial charge is 0.370 e. The monoisotopic (exact) mass is 240 g/mol. The maximum atomic E-state index is 5.71. The van der Waals surface area contributed by atoms with E-state index in [2.05, 4.69) is 36.1 Å². The molecule has 1 heterocycles. The molecule has 0 saturated heterocycles. The van der Waals surface area contributed by atoms with Crippen molar-refractivity contribution in [1.82, 2.24) is 9.88 Å². The van der Waals surface area contributed by atoms with E-state index >= 15 is 0 Å². The molecule has 0 bridgehead atoms. The van der Waals surface area contributed by atoms with Crippen LogP contribution in [0.2, 0.25) is 0 Å². The topological polar surface area (TPSA) is 54.5 Å². The second-order valence-electron chi connectivity index (χ2n) is 4.95. The van der Waals surface area contributed by atoms with Gasteiger partial charge in [0.15, 0.2) is 5.96 Å². The van der Waals surface area contributed by atoms with Gasteiger partial charge in [-0.3, -0.25) is 0 Å². The Morgan fingerprint density at radius 3 is 2.56 bits per heavy atom. The summed E-state index contributed by atoms with van der Waals surface area (Å²) in [7, 11) is 3.75. The zero-order chi connectivity index (χ0) is 12.3. The Bertz CT molecular complexity index is 374. The third-order valence-electron chi connectivity index (χ3n) is 2.15. The van der Waals surface area contributed by atoms with Crippen molar-refractivity contribution in [3.63, 3.8) is 0 Å². The third kappa shape index (κ3) is 3.48. The van der Waals surface area contributed by atoms with Crippen LogP contribution >= 0.6 is 11.3 Å². The zero-order valence-corrected chi connectivity index (χ0v) is 11.4. The molecule has 0 spiro atoms. The maximum absolute atomic E-state index is 5.71. The highest BCUT2D eigenvalue weighted by Gasteiger charge is 2.17. The highest BCUT2D eigenvalue weighted by molar-refractivity contribution is 7.09. The lowest BCUT2D eigenvalue weighted by molar-refractivity contribution is 0.570. The van der Waals surface area contributed by atoms with E-state index in [-0.39, 0.29) is 5.41 Å². The smallest absolute Gasteiger partial charge is 0.191 e. The van der Waals surface area contributed by atoms with Crippen molar-refractivity contribution in [3.05, 3.63) is 16.1 Å². The molecule has 0 atom stereocenters. The van der Waals surface area contributed by atoms with Gasteiger partial charge in [0.25, 0.3) is 0 Å². The van der Waals surface area contributed by atoms with Gasteiger partial charge < -0.3 is 10.6 Å². The molecule has 0 aliphatic heterocycles. The highest BCUT2D eigenvalue weighted by atomic mass is 32.1. The minimum absolute atomic E-state index is 0.103. The lowest BCUT2D eigenvalue weighted by atomic mass is 9.93. The van der Waals surface area contributed by atoms with Crippen LogP contribution in [-0.4, -0.2) is 29.9 Å². The van der Waals surface area contributed by atoms with Gasteiger partial charge in [-0.2, -0.15) is 0 Å². The Morgan fingerprint density at radius 2 is 2.12 bits per heavy atom. The predicted octanol–water partition coefficient (Wildman–Crippen LogP) is 1.82. The van der Waals surface area contributed by atoms with Gasteiger partial charge in [0.1, 0.15) is 5.01 Å². The standard InChI is InChI=1S/C11H20N4S/c1-11(2,3)8-7-16-9(14-8)6-13-10(12)15(4)5/h7H,6H2,1-5H3,(H2,12,13). The van der Waals surface area contributed by atoms with E-state index in [1.54, 1.807) is 16.2 Å². The number of guanidine groups is 1. The fourth-order valence-corrected chi connectivity index (χ4v) is 1.96. The van der Waals surface area contributed by atoms with Gasteiger partial charge in [-0.05, 0) is 0 Å². The van der Waals surface area contributed by atoms with Gasteiger partial charge in [0.2, 0.25) is 0 Å². The van der Waals surface area contributed by atoms with Crippen LogP contribution in [0.1, 0.15) is 31.5 Å². The Morgan fingerprint density at radius 1 is 1.50 bits per heavy atom. The van der Waals surface area contributed by atoms with Crippen molar-refractivity contribution in [3.8, 4) is 0 Å². The molecule has 0 fully saturated rings. The number of nitrogens with zero attached hydrogens (tertiary/aromatic N) is 3. The van der Waals surface area contributed by atoms with Crippen molar-refractivity contribution in [2.45, 2.75) is 32.7 Å². The minimum Gasteiger partial charge on any atom is -0.370 e. The SMILES string of the molecule is CN(C)C(N)=NCc1nc(C(C)(C)C)cs1. The normalized spacial score (nSPS) is 12.9. The Balaban J connectivity index is 2.70. The van der Waals surface area contributed by atoms with Gasteiger partial charge in [0.05, 0.1) is 12.2 Å². The van der Waals surface area contributed by atoms with Gasteiger partial charge >= 0.3 is 0 Å². The first-order valence-corrected chi connectivity index (χ1v) is 6.11. The quantitative estimate of drug-likeness (QED) is 0.633. The molecule has 0 aliphatic rings. The number of aromatic nitrogens is 1. The second-order valence-corrected chi connectivity index (χ2v) is 5.89. The molecule has 1 aromatic heterocycles. The van der Waals surface area contributed by atoms with Crippen molar-refractivity contribution in [2.24, 2.45) is 10.7 Å². The summed E-state index contributed by atoms with van der Waals surface area (Å²) in [5.41, 5.74) is 6.93. The molecular formula is C11H20N4S. The van der Waals surface area contributed by atoms with Crippen LogP contribution in [0.3, 0.4) is 0 Å². The third-order valence-corrected chi connectivity index (χ3v) is 2.99. The van der Waals surface area contributed by atoms with E-state index in [4.69, 9.17) is 5.73 Å². The van der Waals surface area contributed by atoms with Crippen molar-refractivity contribution in [2.75, 3.05) is 14.1 Å². The molecule has 0 unspecified atom stereocenters. The molecule has 5 heteroatoms. The maximum Gasteiger partial charge on any atom is 0.191 e. The second kappa shape index (κ2) is 4.82. The minimum atomic E-state index is 0.103. The van der Waals surface area contributed by atoms with Crippen LogP contribution in [0.25, 0.3) is 0 Å². The van der Waals surface area contributed by atoms with Gasteiger partial charge in [-0.15, -0.1) is 11.3 Å². The van der Waals surface area contributed by atoms with E-state index in [0.29, 0.717) is 12.5 Å². The summed E-state index contributed by atoms with van der Waals surface area (Å²) in [4.78, 5) is 10.6. The molecule has 0 amide bonds. The van der Waals surface area contributed by atoms with Crippen LogP contribution < -0.4 is 5.73 Å². The molecule has 4 nitrogen and oxygen atoms in total. The zero-order valence-electron chi connectivity index (χ0n) is 10.6. The molecule has 2 N–H and O–H groups in total. The van der Waals surface area contributed by atoms with E-state index in [9.17, 15) is 0 Å². The number of hydrogen-bond donors (Lipinski definition) is 1. The lowest BCUT2D eigenvalue weighted by Crippen LogP contribution is -2.30. The lowest BCUT2D eigenvalue weighted by Gasteiger charge is -2.14. The van der Waals surface area contributed by atoms with Crippen molar-refractivity contribution in [1.29, 1.82) is 0 Å². The average molecular weight is 240 g/mol. The summed E-state index contributed by atoms with van der Waals surface area (Å²) in [5, 5.41) is 3.10. The van der Waals surface area contributed by atoms with Crippen molar-refractivity contribution >= 4 is 17.3 Å². The summed E-state index contributed by atoms with van der Waals surface area (Å²) in [6.07, 6.45) is 0. The van der Waals surface area contributed by atoms with E-state index < -0.39 is 0 Å². The molecule has 16 heavy (non-hydrogen) atoms. The van der Waals surface area contributed by atoms with Gasteiger partial charge in [-0.25, -0.2) is 9.98 Å². The molecule has 1 rings (SSSR count). The number of hydrogen-bond acceptors (Lipinski definition) is 3. The summed E-state index contributed by atoms with van der Waals surface area (Å²) < 4.78 is 0. The highest BCUT2D eigenvalue weighted by Crippen LogP contribution is 2.24. The van der Waals surface area contributed by atoms with Crippen LogP contribution in [0.5, 0.6) is 0 Å². The summed E-state index contributed by atoms with van der Waals surface area (Å²) in [6.45, 7) is 7.03. The van der Waals surface area contributed by atoms with Crippen molar-refractivity contribution < 1.29 is 0 Å². The average Bonchev–Trinajstić information content (AvgIpc) is 2.61. The van der Waals surface area contributed by atoms with Crippen LogP contribution in [0.4, 0.5) is 0 Å². The first-order chi connectivity index (χ1) is 7.30. The molecule has 0 radical (unpaired) electrons. The molecule has 0 saturated carbocycles.